The van der Waals surface area contributed by atoms with Crippen molar-refractivity contribution >= 4 is 17.0 Å². The molecular weight excluding hydrogens is 270 g/mol. The van der Waals surface area contributed by atoms with Crippen LogP contribution in [0.3, 0.4) is 0 Å². The lowest BCUT2D eigenvalue weighted by molar-refractivity contribution is 0.474. The van der Waals surface area contributed by atoms with Crippen LogP contribution < -0.4 is 10.9 Å². The Kier molecular flexibility index (Phi) is 3.02. The molecule has 21 heavy (non-hydrogen) atoms. The molecule has 3 rings (SSSR count). The fraction of sp³-hybridized carbons (Fsp3) is 0.143. The standard InChI is InChI=1S/C14H13N5O2/c1-15-14-17-7-10(13(21)19(14)2)11-4-3-8-5-9(20)6-16-12(8)18-11/h3-7,20H,1-2H3,(H,15,17). The highest BCUT2D eigenvalue weighted by atomic mass is 16.3. The largest absolute Gasteiger partial charge is 0.506 e. The molecule has 7 nitrogen and oxygen atoms in total. The molecule has 3 aromatic rings. The number of hydrogen-bond donors (Lipinski definition) is 2. The van der Waals surface area contributed by atoms with Gasteiger partial charge in [-0.1, -0.05) is 0 Å². The Morgan fingerprint density at radius 3 is 2.81 bits per heavy atom. The van der Waals surface area contributed by atoms with Crippen molar-refractivity contribution in [1.82, 2.24) is 19.5 Å². The van der Waals surface area contributed by atoms with E-state index in [1.54, 1.807) is 32.3 Å². The summed E-state index contributed by atoms with van der Waals surface area (Å²) in [4.78, 5) is 24.9. The Balaban J connectivity index is 2.19. The van der Waals surface area contributed by atoms with E-state index < -0.39 is 0 Å². The van der Waals surface area contributed by atoms with Gasteiger partial charge in [0.05, 0.1) is 17.5 Å². The molecular formula is C14H13N5O2. The molecule has 0 aliphatic rings. The first-order valence-electron chi connectivity index (χ1n) is 6.30. The summed E-state index contributed by atoms with van der Waals surface area (Å²) in [5.74, 6) is 0.556. The van der Waals surface area contributed by atoms with Gasteiger partial charge in [-0.05, 0) is 18.2 Å². The van der Waals surface area contributed by atoms with Gasteiger partial charge in [0.15, 0.2) is 5.65 Å². The van der Waals surface area contributed by atoms with Gasteiger partial charge in [0.25, 0.3) is 5.56 Å². The second kappa shape index (κ2) is 4.86. The summed E-state index contributed by atoms with van der Waals surface area (Å²) >= 11 is 0. The van der Waals surface area contributed by atoms with Crippen molar-refractivity contribution in [2.45, 2.75) is 0 Å². The summed E-state index contributed by atoms with van der Waals surface area (Å²) in [6, 6.07) is 5.04. The summed E-state index contributed by atoms with van der Waals surface area (Å²) < 4.78 is 1.42. The number of fused-ring (bicyclic) bond motifs is 1. The fourth-order valence-corrected chi connectivity index (χ4v) is 2.10. The van der Waals surface area contributed by atoms with Crippen LogP contribution in [0.5, 0.6) is 5.75 Å². The molecule has 0 bridgehead atoms. The van der Waals surface area contributed by atoms with Gasteiger partial charge in [-0.25, -0.2) is 15.0 Å². The molecule has 0 aromatic carbocycles. The Bertz CT molecular complexity index is 888. The molecule has 0 saturated carbocycles. The van der Waals surface area contributed by atoms with E-state index in [1.807, 2.05) is 0 Å². The van der Waals surface area contributed by atoms with E-state index in [-0.39, 0.29) is 11.3 Å². The van der Waals surface area contributed by atoms with Crippen LogP contribution in [0.4, 0.5) is 5.95 Å². The molecule has 0 aliphatic heterocycles. The zero-order valence-corrected chi connectivity index (χ0v) is 11.5. The number of pyridine rings is 2. The van der Waals surface area contributed by atoms with Crippen LogP contribution in [0.2, 0.25) is 0 Å². The molecule has 0 saturated heterocycles. The van der Waals surface area contributed by atoms with Crippen LogP contribution >= 0.6 is 0 Å². The molecule has 3 aromatic heterocycles. The van der Waals surface area contributed by atoms with Crippen molar-refractivity contribution < 1.29 is 5.11 Å². The van der Waals surface area contributed by atoms with Crippen molar-refractivity contribution in [2.24, 2.45) is 7.05 Å². The van der Waals surface area contributed by atoms with Crippen molar-refractivity contribution in [3.8, 4) is 17.0 Å². The molecule has 0 fully saturated rings. The normalized spacial score (nSPS) is 10.8. The van der Waals surface area contributed by atoms with E-state index in [0.29, 0.717) is 28.2 Å². The van der Waals surface area contributed by atoms with Crippen molar-refractivity contribution in [3.05, 3.63) is 40.9 Å². The van der Waals surface area contributed by atoms with Crippen LogP contribution in [-0.2, 0) is 7.05 Å². The van der Waals surface area contributed by atoms with Crippen LogP contribution in [0.1, 0.15) is 0 Å². The van der Waals surface area contributed by atoms with Gasteiger partial charge in [-0.3, -0.25) is 9.36 Å². The molecule has 2 N–H and O–H groups in total. The van der Waals surface area contributed by atoms with Gasteiger partial charge in [0.1, 0.15) is 5.75 Å². The van der Waals surface area contributed by atoms with Gasteiger partial charge in [-0.15, -0.1) is 0 Å². The summed E-state index contributed by atoms with van der Waals surface area (Å²) in [7, 11) is 3.34. The lowest BCUT2D eigenvalue weighted by Gasteiger charge is -2.08. The average Bonchev–Trinajstić information content (AvgIpc) is 2.49. The Morgan fingerprint density at radius 2 is 2.05 bits per heavy atom. The molecule has 0 radical (unpaired) electrons. The summed E-state index contributed by atoms with van der Waals surface area (Å²) in [6.45, 7) is 0. The van der Waals surface area contributed by atoms with Gasteiger partial charge in [0, 0.05) is 25.7 Å². The van der Waals surface area contributed by atoms with Crippen LogP contribution in [-0.4, -0.2) is 31.7 Å². The third kappa shape index (κ3) is 2.18. The predicted molar refractivity (Wildman–Crippen MR) is 79.2 cm³/mol. The molecule has 3 heterocycles. The molecule has 0 atom stereocenters. The molecule has 0 amide bonds. The maximum absolute atomic E-state index is 12.3. The minimum absolute atomic E-state index is 0.0769. The molecule has 0 aliphatic carbocycles. The molecule has 0 spiro atoms. The molecule has 0 unspecified atom stereocenters. The Labute approximate surface area is 119 Å². The number of anilines is 1. The highest BCUT2D eigenvalue weighted by Crippen LogP contribution is 2.20. The minimum atomic E-state index is -0.194. The highest BCUT2D eigenvalue weighted by molar-refractivity contribution is 5.79. The average molecular weight is 283 g/mol. The second-order valence-corrected chi connectivity index (χ2v) is 4.55. The summed E-state index contributed by atoms with van der Waals surface area (Å²) in [5.41, 5.74) is 1.16. The van der Waals surface area contributed by atoms with Gasteiger partial charge in [0.2, 0.25) is 5.95 Å². The third-order valence-corrected chi connectivity index (χ3v) is 3.20. The topological polar surface area (TPSA) is 92.9 Å². The first kappa shape index (κ1) is 13.0. The Hall–Kier alpha value is -2.96. The van der Waals surface area contributed by atoms with E-state index in [0.717, 1.165) is 0 Å². The molecule has 106 valence electrons. The van der Waals surface area contributed by atoms with E-state index in [1.165, 1.54) is 17.0 Å². The summed E-state index contributed by atoms with van der Waals surface area (Å²) in [6.07, 6.45) is 2.81. The number of aromatic nitrogens is 4. The first-order valence-corrected chi connectivity index (χ1v) is 6.30. The van der Waals surface area contributed by atoms with Crippen molar-refractivity contribution in [1.29, 1.82) is 0 Å². The van der Waals surface area contributed by atoms with Crippen LogP contribution in [0, 0.1) is 0 Å². The number of aromatic hydroxyl groups is 1. The fourth-order valence-electron chi connectivity index (χ4n) is 2.10. The van der Waals surface area contributed by atoms with E-state index in [9.17, 15) is 9.90 Å². The predicted octanol–water partition coefficient (Wildman–Crippen LogP) is 1.14. The number of nitrogens with zero attached hydrogens (tertiary/aromatic N) is 4. The lowest BCUT2D eigenvalue weighted by Crippen LogP contribution is -2.22. The minimum Gasteiger partial charge on any atom is -0.506 e. The van der Waals surface area contributed by atoms with Crippen LogP contribution in [0.25, 0.3) is 22.3 Å². The smallest absolute Gasteiger partial charge is 0.264 e. The van der Waals surface area contributed by atoms with E-state index in [2.05, 4.69) is 20.3 Å². The third-order valence-electron chi connectivity index (χ3n) is 3.20. The highest BCUT2D eigenvalue weighted by Gasteiger charge is 2.11. The molecule has 7 heteroatoms. The van der Waals surface area contributed by atoms with Gasteiger partial charge < -0.3 is 10.4 Å². The van der Waals surface area contributed by atoms with Crippen molar-refractivity contribution in [3.63, 3.8) is 0 Å². The van der Waals surface area contributed by atoms with Crippen LogP contribution in [0.15, 0.2) is 35.4 Å². The Morgan fingerprint density at radius 1 is 1.24 bits per heavy atom. The monoisotopic (exact) mass is 283 g/mol. The van der Waals surface area contributed by atoms with Gasteiger partial charge in [-0.2, -0.15) is 0 Å². The number of nitrogens with one attached hydrogen (secondary N) is 1. The lowest BCUT2D eigenvalue weighted by atomic mass is 10.2. The van der Waals surface area contributed by atoms with E-state index in [4.69, 9.17) is 0 Å². The number of hydrogen-bond acceptors (Lipinski definition) is 6. The van der Waals surface area contributed by atoms with Crippen molar-refractivity contribution in [2.75, 3.05) is 12.4 Å². The zero-order valence-electron chi connectivity index (χ0n) is 11.5. The van der Waals surface area contributed by atoms with E-state index >= 15 is 0 Å². The maximum atomic E-state index is 12.3. The SMILES string of the molecule is CNc1ncc(-c2ccc3cc(O)cnc3n2)c(=O)n1C. The number of rotatable bonds is 2. The quantitative estimate of drug-likeness (QED) is 0.732. The second-order valence-electron chi connectivity index (χ2n) is 4.55. The first-order chi connectivity index (χ1) is 10.1. The maximum Gasteiger partial charge on any atom is 0.264 e. The van der Waals surface area contributed by atoms with Gasteiger partial charge >= 0.3 is 0 Å². The summed E-state index contributed by atoms with van der Waals surface area (Å²) in [5, 5.41) is 12.9. The zero-order chi connectivity index (χ0) is 15.0.